The first-order chi connectivity index (χ1) is 13.1. The first-order valence-corrected chi connectivity index (χ1v) is 9.24. The van der Waals surface area contributed by atoms with Gasteiger partial charge in [0.15, 0.2) is 5.78 Å². The van der Waals surface area contributed by atoms with Crippen LogP contribution in [0, 0.1) is 6.92 Å². The van der Waals surface area contributed by atoms with Gasteiger partial charge in [-0.15, -0.1) is 0 Å². The Morgan fingerprint density at radius 3 is 2.85 bits per heavy atom. The second-order valence-electron chi connectivity index (χ2n) is 6.91. The van der Waals surface area contributed by atoms with E-state index in [9.17, 15) is 4.79 Å². The van der Waals surface area contributed by atoms with Crippen molar-refractivity contribution in [1.29, 1.82) is 0 Å². The molecule has 3 heterocycles. The smallest absolute Gasteiger partial charge is 0.226 e. The molecule has 0 amide bonds. The highest BCUT2D eigenvalue weighted by atomic mass is 35.5. The summed E-state index contributed by atoms with van der Waals surface area (Å²) in [6.45, 7) is 1.84. The van der Waals surface area contributed by atoms with Crippen molar-refractivity contribution in [3.05, 3.63) is 76.1 Å². The Hall–Kier alpha value is -2.86. The molecule has 5 rings (SSSR count). The number of nitrogens with one attached hydrogen (secondary N) is 1. The standard InChI is InChI=1S/C20H17ClN4O2/c1-11-22-20-23-15-9-12(17-7-4-8-27-17)10-16(26)18(15)19(25(20)24-11)13-5-2-3-6-14(13)21/h2-8,12,19H,9-10H2,1H3,(H,22,23,24)/t12-,19-/m1/s1. The van der Waals surface area contributed by atoms with Gasteiger partial charge < -0.3 is 9.73 Å². The largest absolute Gasteiger partial charge is 0.469 e. The zero-order chi connectivity index (χ0) is 18.5. The van der Waals surface area contributed by atoms with Crippen LogP contribution >= 0.6 is 11.6 Å². The minimum absolute atomic E-state index is 0.0150. The Morgan fingerprint density at radius 2 is 2.07 bits per heavy atom. The number of aromatic nitrogens is 3. The first-order valence-electron chi connectivity index (χ1n) is 8.86. The summed E-state index contributed by atoms with van der Waals surface area (Å²) in [6.07, 6.45) is 2.73. The van der Waals surface area contributed by atoms with Gasteiger partial charge in [0.05, 0.1) is 6.26 Å². The van der Waals surface area contributed by atoms with E-state index in [0.29, 0.717) is 35.2 Å². The molecule has 2 aromatic heterocycles. The van der Waals surface area contributed by atoms with Crippen LogP contribution < -0.4 is 5.32 Å². The highest BCUT2D eigenvalue weighted by Gasteiger charge is 2.40. The van der Waals surface area contributed by atoms with Crippen molar-refractivity contribution in [3.8, 4) is 0 Å². The Bertz CT molecular complexity index is 1070. The second kappa shape index (κ2) is 6.09. The molecule has 1 aliphatic carbocycles. The maximum Gasteiger partial charge on any atom is 0.226 e. The fourth-order valence-electron chi connectivity index (χ4n) is 4.03. The van der Waals surface area contributed by atoms with E-state index in [1.54, 1.807) is 10.9 Å². The molecule has 0 bridgehead atoms. The number of halogens is 1. The normalized spacial score (nSPS) is 21.6. The van der Waals surface area contributed by atoms with Crippen molar-refractivity contribution < 1.29 is 9.21 Å². The van der Waals surface area contributed by atoms with Crippen LogP contribution in [0.25, 0.3) is 0 Å². The number of ketones is 1. The molecule has 27 heavy (non-hydrogen) atoms. The van der Waals surface area contributed by atoms with Gasteiger partial charge >= 0.3 is 0 Å². The predicted octanol–water partition coefficient (Wildman–Crippen LogP) is 4.25. The number of furan rings is 1. The van der Waals surface area contributed by atoms with Crippen LogP contribution in [0.4, 0.5) is 5.95 Å². The number of fused-ring (bicyclic) bond motifs is 1. The third kappa shape index (κ3) is 2.59. The molecule has 136 valence electrons. The van der Waals surface area contributed by atoms with Crippen molar-refractivity contribution in [3.63, 3.8) is 0 Å². The van der Waals surface area contributed by atoms with Crippen LogP contribution in [0.1, 0.15) is 41.9 Å². The molecule has 0 radical (unpaired) electrons. The number of hydrogen-bond donors (Lipinski definition) is 1. The molecule has 0 saturated carbocycles. The molecule has 3 aromatic rings. The molecule has 1 aliphatic heterocycles. The summed E-state index contributed by atoms with van der Waals surface area (Å²) in [4.78, 5) is 17.7. The van der Waals surface area contributed by atoms with E-state index in [1.165, 1.54) is 0 Å². The Balaban J connectivity index is 1.66. The average Bonchev–Trinajstić information content (AvgIpc) is 3.29. The summed E-state index contributed by atoms with van der Waals surface area (Å²) in [5, 5.41) is 8.46. The third-order valence-electron chi connectivity index (χ3n) is 5.17. The molecule has 7 heteroatoms. The number of nitrogens with zero attached hydrogens (tertiary/aromatic N) is 3. The summed E-state index contributed by atoms with van der Waals surface area (Å²) < 4.78 is 7.31. The van der Waals surface area contributed by atoms with Gasteiger partial charge in [0, 0.05) is 34.2 Å². The molecule has 1 aromatic carbocycles. The molecule has 0 spiro atoms. The molecule has 0 saturated heterocycles. The van der Waals surface area contributed by atoms with E-state index >= 15 is 0 Å². The third-order valence-corrected chi connectivity index (χ3v) is 5.52. The zero-order valence-electron chi connectivity index (χ0n) is 14.6. The lowest BCUT2D eigenvalue weighted by Crippen LogP contribution is -2.33. The highest BCUT2D eigenvalue weighted by molar-refractivity contribution is 6.31. The van der Waals surface area contributed by atoms with Crippen molar-refractivity contribution in [2.75, 3.05) is 5.32 Å². The fourth-order valence-corrected chi connectivity index (χ4v) is 4.27. The minimum Gasteiger partial charge on any atom is -0.469 e. The maximum atomic E-state index is 13.2. The fraction of sp³-hybridized carbons (Fsp3) is 0.250. The van der Waals surface area contributed by atoms with Crippen molar-refractivity contribution >= 4 is 23.3 Å². The molecule has 0 unspecified atom stereocenters. The topological polar surface area (TPSA) is 73.0 Å². The van der Waals surface area contributed by atoms with Crippen molar-refractivity contribution in [2.45, 2.75) is 31.7 Å². The maximum absolute atomic E-state index is 13.2. The number of allylic oxidation sites excluding steroid dienone is 2. The van der Waals surface area contributed by atoms with Crippen molar-refractivity contribution in [1.82, 2.24) is 14.8 Å². The van der Waals surface area contributed by atoms with Crippen LogP contribution in [0.5, 0.6) is 0 Å². The lowest BCUT2D eigenvalue weighted by atomic mass is 9.79. The number of benzene rings is 1. The molecule has 2 aliphatic rings. The monoisotopic (exact) mass is 380 g/mol. The summed E-state index contributed by atoms with van der Waals surface area (Å²) in [5.74, 6) is 2.19. The van der Waals surface area contributed by atoms with E-state index < -0.39 is 0 Å². The number of carbonyl (C=O) groups is 1. The first kappa shape index (κ1) is 16.3. The Morgan fingerprint density at radius 1 is 1.22 bits per heavy atom. The van der Waals surface area contributed by atoms with Gasteiger partial charge in [0.2, 0.25) is 5.95 Å². The van der Waals surface area contributed by atoms with Crippen molar-refractivity contribution in [2.24, 2.45) is 0 Å². The van der Waals surface area contributed by atoms with Gasteiger partial charge in [0.25, 0.3) is 0 Å². The van der Waals surface area contributed by atoms with E-state index in [4.69, 9.17) is 16.0 Å². The zero-order valence-corrected chi connectivity index (χ0v) is 15.4. The van der Waals surface area contributed by atoms with E-state index in [-0.39, 0.29) is 17.7 Å². The van der Waals surface area contributed by atoms with Gasteiger partial charge in [-0.25, -0.2) is 4.68 Å². The van der Waals surface area contributed by atoms with Crippen LogP contribution in [0.2, 0.25) is 5.02 Å². The molecule has 0 fully saturated rings. The SMILES string of the molecule is Cc1nc2n(n1)[C@H](c1ccccc1Cl)C1=C(C[C@@H](c3ccco3)CC1=O)N2. The number of anilines is 1. The Labute approximate surface area is 160 Å². The number of rotatable bonds is 2. The van der Waals surface area contributed by atoms with Gasteiger partial charge in [-0.1, -0.05) is 29.8 Å². The van der Waals surface area contributed by atoms with E-state index in [0.717, 1.165) is 17.0 Å². The quantitative estimate of drug-likeness (QED) is 0.719. The number of Topliss-reactive ketones (excluding diaryl/α,β-unsaturated/α-hetero) is 1. The number of aryl methyl sites for hydroxylation is 1. The van der Waals surface area contributed by atoms with Crippen LogP contribution in [0.3, 0.4) is 0 Å². The summed E-state index contributed by atoms with van der Waals surface area (Å²) in [6, 6.07) is 11.0. The molecular formula is C20H17ClN4O2. The summed E-state index contributed by atoms with van der Waals surface area (Å²) in [5.41, 5.74) is 2.44. The lowest BCUT2D eigenvalue weighted by molar-refractivity contribution is -0.117. The molecule has 1 N–H and O–H groups in total. The van der Waals surface area contributed by atoms with Gasteiger partial charge in [-0.3, -0.25) is 4.79 Å². The van der Waals surface area contributed by atoms with E-state index in [2.05, 4.69) is 15.4 Å². The van der Waals surface area contributed by atoms with E-state index in [1.807, 2.05) is 43.3 Å². The van der Waals surface area contributed by atoms with Crippen LogP contribution in [-0.2, 0) is 4.79 Å². The summed E-state index contributed by atoms with van der Waals surface area (Å²) in [7, 11) is 0. The van der Waals surface area contributed by atoms with Crippen LogP contribution in [0.15, 0.2) is 58.3 Å². The minimum atomic E-state index is -0.379. The van der Waals surface area contributed by atoms with Crippen LogP contribution in [-0.4, -0.2) is 20.5 Å². The highest BCUT2D eigenvalue weighted by Crippen LogP contribution is 2.45. The lowest BCUT2D eigenvalue weighted by Gasteiger charge is -2.34. The van der Waals surface area contributed by atoms with Gasteiger partial charge in [-0.2, -0.15) is 10.1 Å². The number of carbonyl (C=O) groups excluding carboxylic acids is 1. The molecule has 6 nitrogen and oxygen atoms in total. The Kier molecular flexibility index (Phi) is 3.68. The molecule has 2 atom stereocenters. The average molecular weight is 381 g/mol. The predicted molar refractivity (Wildman–Crippen MR) is 101 cm³/mol. The second-order valence-corrected chi connectivity index (χ2v) is 7.32. The number of hydrogen-bond acceptors (Lipinski definition) is 5. The summed E-state index contributed by atoms with van der Waals surface area (Å²) >= 11 is 6.49. The van der Waals surface area contributed by atoms with Gasteiger partial charge in [0.1, 0.15) is 17.6 Å². The molecular weight excluding hydrogens is 364 g/mol. The van der Waals surface area contributed by atoms with Gasteiger partial charge in [-0.05, 0) is 31.5 Å².